The van der Waals surface area contributed by atoms with Gasteiger partial charge in [0.25, 0.3) is 0 Å². The molecular formula is C14H26N4O5S. The largest absolute Gasteiger partial charge is 0.480 e. The van der Waals surface area contributed by atoms with Crippen molar-refractivity contribution in [2.75, 3.05) is 25.1 Å². The van der Waals surface area contributed by atoms with Gasteiger partial charge in [-0.05, 0) is 24.3 Å². The van der Waals surface area contributed by atoms with E-state index >= 15 is 0 Å². The van der Waals surface area contributed by atoms with E-state index in [1.165, 1.54) is 11.8 Å². The van der Waals surface area contributed by atoms with Crippen LogP contribution in [0.15, 0.2) is 0 Å². The quantitative estimate of drug-likeness (QED) is 0.301. The van der Waals surface area contributed by atoms with E-state index < -0.39 is 35.8 Å². The molecule has 9 nitrogen and oxygen atoms in total. The molecule has 0 aromatic heterocycles. The molecule has 0 fully saturated rings. The molecule has 24 heavy (non-hydrogen) atoms. The highest BCUT2D eigenvalue weighted by Gasteiger charge is 2.28. The minimum atomic E-state index is -1.14. The molecule has 2 atom stereocenters. The second-order valence-corrected chi connectivity index (χ2v) is 6.44. The molecule has 0 bridgehead atoms. The molecule has 0 rings (SSSR count). The molecule has 138 valence electrons. The highest BCUT2D eigenvalue weighted by atomic mass is 32.2. The van der Waals surface area contributed by atoms with Crippen LogP contribution in [0, 0.1) is 5.92 Å². The number of hydrogen-bond donors (Lipinski definition) is 5. The van der Waals surface area contributed by atoms with E-state index in [1.807, 2.05) is 6.26 Å². The highest BCUT2D eigenvalue weighted by molar-refractivity contribution is 7.98. The molecule has 0 aliphatic carbocycles. The number of thioether (sulfide) groups is 1. The SMILES string of the molecule is CSCCC(NC(=O)CNC(=O)CN)C(=O)NC(C(=O)O)C(C)C. The van der Waals surface area contributed by atoms with Crippen LogP contribution in [0.2, 0.25) is 0 Å². The first kappa shape index (κ1) is 22.2. The van der Waals surface area contributed by atoms with E-state index in [0.29, 0.717) is 12.2 Å². The molecule has 0 saturated heterocycles. The van der Waals surface area contributed by atoms with Gasteiger partial charge < -0.3 is 26.8 Å². The molecule has 0 saturated carbocycles. The standard InChI is InChI=1S/C14H26N4O5S/c1-8(2)12(14(22)23)18-13(21)9(4-5-24-3)17-11(20)7-16-10(19)6-15/h8-9,12H,4-7,15H2,1-3H3,(H,16,19)(H,17,20)(H,18,21)(H,22,23). The molecular weight excluding hydrogens is 336 g/mol. The molecule has 0 heterocycles. The van der Waals surface area contributed by atoms with Crippen molar-refractivity contribution >= 4 is 35.5 Å². The van der Waals surface area contributed by atoms with Gasteiger partial charge in [-0.2, -0.15) is 11.8 Å². The number of nitrogens with two attached hydrogens (primary N) is 1. The smallest absolute Gasteiger partial charge is 0.326 e. The van der Waals surface area contributed by atoms with E-state index in [9.17, 15) is 19.2 Å². The number of carbonyl (C=O) groups is 4. The van der Waals surface area contributed by atoms with Gasteiger partial charge in [0.15, 0.2) is 0 Å². The molecule has 6 N–H and O–H groups in total. The second-order valence-electron chi connectivity index (χ2n) is 5.45. The van der Waals surface area contributed by atoms with Gasteiger partial charge in [0.1, 0.15) is 12.1 Å². The predicted molar refractivity (Wildman–Crippen MR) is 91.4 cm³/mol. The van der Waals surface area contributed by atoms with Crippen molar-refractivity contribution in [2.24, 2.45) is 11.7 Å². The van der Waals surface area contributed by atoms with Gasteiger partial charge in [0.2, 0.25) is 17.7 Å². The maximum atomic E-state index is 12.3. The van der Waals surface area contributed by atoms with Crippen molar-refractivity contribution in [3.8, 4) is 0 Å². The van der Waals surface area contributed by atoms with Gasteiger partial charge in [-0.15, -0.1) is 0 Å². The Labute approximate surface area is 145 Å². The summed E-state index contributed by atoms with van der Waals surface area (Å²) in [5.74, 6) is -2.43. The molecule has 0 radical (unpaired) electrons. The third-order valence-corrected chi connectivity index (χ3v) is 3.77. The van der Waals surface area contributed by atoms with Gasteiger partial charge in [0, 0.05) is 0 Å². The lowest BCUT2D eigenvalue weighted by atomic mass is 10.0. The van der Waals surface area contributed by atoms with Gasteiger partial charge in [-0.25, -0.2) is 4.79 Å². The summed E-state index contributed by atoms with van der Waals surface area (Å²) < 4.78 is 0. The summed E-state index contributed by atoms with van der Waals surface area (Å²) in [6.45, 7) is 2.82. The second kappa shape index (κ2) is 11.7. The van der Waals surface area contributed by atoms with Gasteiger partial charge in [-0.1, -0.05) is 13.8 Å². The number of amides is 3. The average molecular weight is 362 g/mol. The van der Waals surface area contributed by atoms with Crippen LogP contribution in [0.1, 0.15) is 20.3 Å². The molecule has 3 amide bonds. The number of hydrogen-bond acceptors (Lipinski definition) is 6. The monoisotopic (exact) mass is 362 g/mol. The Balaban J connectivity index is 4.78. The topological polar surface area (TPSA) is 151 Å². The number of rotatable bonds is 11. The van der Waals surface area contributed by atoms with Crippen molar-refractivity contribution < 1.29 is 24.3 Å². The highest BCUT2D eigenvalue weighted by Crippen LogP contribution is 2.05. The van der Waals surface area contributed by atoms with Crippen LogP contribution < -0.4 is 21.7 Å². The Morgan fingerprint density at radius 3 is 2.21 bits per heavy atom. The first-order chi connectivity index (χ1) is 11.2. The zero-order valence-corrected chi connectivity index (χ0v) is 14.9. The normalized spacial score (nSPS) is 13.0. The van der Waals surface area contributed by atoms with E-state index in [1.54, 1.807) is 13.8 Å². The summed E-state index contributed by atoms with van der Waals surface area (Å²) in [5.41, 5.74) is 5.12. The molecule has 0 aromatic carbocycles. The van der Waals surface area contributed by atoms with Gasteiger partial charge >= 0.3 is 5.97 Å². The van der Waals surface area contributed by atoms with Crippen LogP contribution in [0.25, 0.3) is 0 Å². The third-order valence-electron chi connectivity index (χ3n) is 3.12. The fourth-order valence-corrected chi connectivity index (χ4v) is 2.24. The Bertz CT molecular complexity index is 458. The molecule has 0 spiro atoms. The van der Waals surface area contributed by atoms with Crippen molar-refractivity contribution in [3.05, 3.63) is 0 Å². The van der Waals surface area contributed by atoms with Gasteiger partial charge in [-0.3, -0.25) is 14.4 Å². The minimum Gasteiger partial charge on any atom is -0.480 e. The van der Waals surface area contributed by atoms with E-state index in [4.69, 9.17) is 10.8 Å². The fourth-order valence-electron chi connectivity index (χ4n) is 1.77. The van der Waals surface area contributed by atoms with Crippen molar-refractivity contribution in [2.45, 2.75) is 32.4 Å². The Morgan fingerprint density at radius 1 is 1.12 bits per heavy atom. The number of aliphatic carboxylic acids is 1. The molecule has 0 aliphatic heterocycles. The number of carboxylic acid groups (broad SMARTS) is 1. The Hall–Kier alpha value is -1.81. The fraction of sp³-hybridized carbons (Fsp3) is 0.714. The van der Waals surface area contributed by atoms with Crippen molar-refractivity contribution in [3.63, 3.8) is 0 Å². The summed E-state index contributed by atoms with van der Waals surface area (Å²) >= 11 is 1.49. The van der Waals surface area contributed by atoms with Crippen LogP contribution in [-0.2, 0) is 19.2 Å². The number of carboxylic acids is 1. The predicted octanol–water partition coefficient (Wildman–Crippen LogP) is -1.48. The van der Waals surface area contributed by atoms with Crippen LogP contribution in [0.5, 0.6) is 0 Å². The van der Waals surface area contributed by atoms with E-state index in [-0.39, 0.29) is 19.0 Å². The average Bonchev–Trinajstić information content (AvgIpc) is 2.52. The summed E-state index contributed by atoms with van der Waals surface area (Å²) in [4.78, 5) is 46.3. The summed E-state index contributed by atoms with van der Waals surface area (Å²) in [7, 11) is 0. The third kappa shape index (κ3) is 8.73. The summed E-state index contributed by atoms with van der Waals surface area (Å²) in [6.07, 6.45) is 2.19. The molecule has 0 aliphatic rings. The molecule has 2 unspecified atom stereocenters. The molecule has 0 aromatic rings. The maximum Gasteiger partial charge on any atom is 0.326 e. The van der Waals surface area contributed by atoms with Crippen LogP contribution in [0.3, 0.4) is 0 Å². The lowest BCUT2D eigenvalue weighted by Gasteiger charge is -2.23. The zero-order chi connectivity index (χ0) is 18.7. The summed E-state index contributed by atoms with van der Waals surface area (Å²) in [5, 5.41) is 16.4. The zero-order valence-electron chi connectivity index (χ0n) is 14.1. The maximum absolute atomic E-state index is 12.3. The number of nitrogens with one attached hydrogen (secondary N) is 3. The minimum absolute atomic E-state index is 0.238. The Morgan fingerprint density at radius 2 is 1.75 bits per heavy atom. The first-order valence-electron chi connectivity index (χ1n) is 7.51. The van der Waals surface area contributed by atoms with E-state index in [0.717, 1.165) is 0 Å². The lowest BCUT2D eigenvalue weighted by Crippen LogP contribution is -2.54. The summed E-state index contributed by atoms with van der Waals surface area (Å²) in [6, 6.07) is -1.91. The van der Waals surface area contributed by atoms with Gasteiger partial charge in [0.05, 0.1) is 13.1 Å². The molecule has 10 heteroatoms. The van der Waals surface area contributed by atoms with Crippen molar-refractivity contribution in [1.29, 1.82) is 0 Å². The van der Waals surface area contributed by atoms with E-state index in [2.05, 4.69) is 16.0 Å². The Kier molecular flexibility index (Phi) is 10.8. The first-order valence-corrected chi connectivity index (χ1v) is 8.90. The number of carbonyl (C=O) groups excluding carboxylic acids is 3. The van der Waals surface area contributed by atoms with Crippen LogP contribution in [0.4, 0.5) is 0 Å². The lowest BCUT2D eigenvalue weighted by molar-refractivity contribution is -0.143. The van der Waals surface area contributed by atoms with Crippen LogP contribution in [-0.4, -0.2) is 66.0 Å². The van der Waals surface area contributed by atoms with Crippen molar-refractivity contribution in [1.82, 2.24) is 16.0 Å². The van der Waals surface area contributed by atoms with Crippen LogP contribution >= 0.6 is 11.8 Å².